The van der Waals surface area contributed by atoms with Gasteiger partial charge in [0.25, 0.3) is 0 Å². The van der Waals surface area contributed by atoms with Crippen molar-refractivity contribution in [3.05, 3.63) is 35.4 Å². The van der Waals surface area contributed by atoms with Crippen LogP contribution >= 0.6 is 0 Å². The molecule has 0 amide bonds. The van der Waals surface area contributed by atoms with Crippen LogP contribution < -0.4 is 5.32 Å². The molecule has 19 heavy (non-hydrogen) atoms. The standard InChI is InChI=1S/C18H31N/c1-5-8-9-16-10-12-17(13-11-16)18(15(4)7-3)19-14-6-2/h10-13,15,18-19H,5-9,14H2,1-4H3. The Bertz CT molecular complexity index is 328. The maximum atomic E-state index is 3.70. The van der Waals surface area contributed by atoms with Gasteiger partial charge in [-0.25, -0.2) is 0 Å². The predicted molar refractivity (Wildman–Crippen MR) is 85.5 cm³/mol. The van der Waals surface area contributed by atoms with Crippen molar-refractivity contribution in [2.75, 3.05) is 6.54 Å². The molecule has 0 saturated heterocycles. The molecule has 1 N–H and O–H groups in total. The van der Waals surface area contributed by atoms with Crippen molar-refractivity contribution in [3.63, 3.8) is 0 Å². The molecule has 0 aromatic heterocycles. The van der Waals surface area contributed by atoms with E-state index in [1.54, 1.807) is 0 Å². The van der Waals surface area contributed by atoms with Gasteiger partial charge in [-0.15, -0.1) is 0 Å². The Kier molecular flexibility index (Phi) is 7.81. The van der Waals surface area contributed by atoms with Crippen molar-refractivity contribution in [3.8, 4) is 0 Å². The molecule has 1 rings (SSSR count). The van der Waals surface area contributed by atoms with Gasteiger partial charge < -0.3 is 5.32 Å². The van der Waals surface area contributed by atoms with Crippen LogP contribution in [0, 0.1) is 5.92 Å². The average Bonchev–Trinajstić information content (AvgIpc) is 2.46. The summed E-state index contributed by atoms with van der Waals surface area (Å²) in [5.74, 6) is 0.688. The lowest BCUT2D eigenvalue weighted by Crippen LogP contribution is -2.27. The molecule has 0 spiro atoms. The van der Waals surface area contributed by atoms with Crippen LogP contribution in [0.15, 0.2) is 24.3 Å². The van der Waals surface area contributed by atoms with Crippen molar-refractivity contribution in [2.24, 2.45) is 5.92 Å². The molecule has 0 aliphatic rings. The quantitative estimate of drug-likeness (QED) is 0.651. The summed E-state index contributed by atoms with van der Waals surface area (Å²) in [5.41, 5.74) is 2.92. The minimum Gasteiger partial charge on any atom is -0.310 e. The van der Waals surface area contributed by atoms with Crippen molar-refractivity contribution < 1.29 is 0 Å². The lowest BCUT2D eigenvalue weighted by atomic mass is 9.91. The third-order valence-corrected chi connectivity index (χ3v) is 3.99. The minimum absolute atomic E-state index is 0.505. The zero-order valence-corrected chi connectivity index (χ0v) is 13.2. The first-order chi connectivity index (χ1) is 9.22. The van der Waals surface area contributed by atoms with Gasteiger partial charge in [0, 0.05) is 6.04 Å². The van der Waals surface area contributed by atoms with E-state index in [1.165, 1.54) is 43.2 Å². The molecule has 108 valence electrons. The van der Waals surface area contributed by atoms with Gasteiger partial charge >= 0.3 is 0 Å². The Balaban J connectivity index is 2.72. The molecule has 2 unspecified atom stereocenters. The minimum atomic E-state index is 0.505. The van der Waals surface area contributed by atoms with Crippen LogP contribution in [-0.2, 0) is 6.42 Å². The second-order valence-electron chi connectivity index (χ2n) is 5.66. The molecule has 0 saturated carbocycles. The summed E-state index contributed by atoms with van der Waals surface area (Å²) < 4.78 is 0. The topological polar surface area (TPSA) is 12.0 Å². The maximum absolute atomic E-state index is 3.70. The summed E-state index contributed by atoms with van der Waals surface area (Å²) in [6.45, 7) is 10.2. The van der Waals surface area contributed by atoms with Crippen molar-refractivity contribution in [1.29, 1.82) is 0 Å². The zero-order valence-electron chi connectivity index (χ0n) is 13.2. The summed E-state index contributed by atoms with van der Waals surface area (Å²) in [6, 6.07) is 9.78. The highest BCUT2D eigenvalue weighted by Crippen LogP contribution is 2.25. The highest BCUT2D eigenvalue weighted by atomic mass is 14.9. The number of nitrogens with one attached hydrogen (secondary N) is 1. The number of unbranched alkanes of at least 4 members (excludes halogenated alkanes) is 1. The lowest BCUT2D eigenvalue weighted by Gasteiger charge is -2.25. The third kappa shape index (κ3) is 5.36. The molecule has 1 aromatic rings. The smallest absolute Gasteiger partial charge is 0.0345 e. The molecule has 0 heterocycles. The Morgan fingerprint density at radius 1 is 1.00 bits per heavy atom. The molecule has 0 bridgehead atoms. The summed E-state index contributed by atoms with van der Waals surface area (Å²) in [4.78, 5) is 0. The van der Waals surface area contributed by atoms with Gasteiger partial charge in [0.15, 0.2) is 0 Å². The van der Waals surface area contributed by atoms with Crippen LogP contribution in [0.4, 0.5) is 0 Å². The van der Waals surface area contributed by atoms with E-state index in [2.05, 4.69) is 57.3 Å². The highest BCUT2D eigenvalue weighted by molar-refractivity contribution is 5.25. The van der Waals surface area contributed by atoms with Gasteiger partial charge in [-0.3, -0.25) is 0 Å². The molecular weight excluding hydrogens is 230 g/mol. The van der Waals surface area contributed by atoms with Gasteiger partial charge in [0.2, 0.25) is 0 Å². The SMILES string of the molecule is CCCCc1ccc(C(NCCC)C(C)CC)cc1. The molecule has 2 atom stereocenters. The van der Waals surface area contributed by atoms with E-state index < -0.39 is 0 Å². The second kappa shape index (κ2) is 9.14. The molecule has 0 fully saturated rings. The highest BCUT2D eigenvalue weighted by Gasteiger charge is 2.16. The molecule has 0 aliphatic carbocycles. The van der Waals surface area contributed by atoms with Gasteiger partial charge in [-0.1, -0.05) is 64.8 Å². The van der Waals surface area contributed by atoms with Gasteiger partial charge in [-0.05, 0) is 42.9 Å². The number of benzene rings is 1. The van der Waals surface area contributed by atoms with E-state index in [9.17, 15) is 0 Å². The molecule has 1 nitrogen and oxygen atoms in total. The largest absolute Gasteiger partial charge is 0.310 e. The first-order valence-corrected chi connectivity index (χ1v) is 8.05. The first-order valence-electron chi connectivity index (χ1n) is 8.05. The van der Waals surface area contributed by atoms with Gasteiger partial charge in [-0.2, -0.15) is 0 Å². The lowest BCUT2D eigenvalue weighted by molar-refractivity contribution is 0.377. The van der Waals surface area contributed by atoms with E-state index in [4.69, 9.17) is 0 Å². The van der Waals surface area contributed by atoms with Gasteiger partial charge in [0.05, 0.1) is 0 Å². The Morgan fingerprint density at radius 3 is 2.21 bits per heavy atom. The number of aryl methyl sites for hydroxylation is 1. The molecule has 0 radical (unpaired) electrons. The first kappa shape index (κ1) is 16.2. The molecule has 1 heteroatoms. The van der Waals surface area contributed by atoms with E-state index >= 15 is 0 Å². The average molecular weight is 261 g/mol. The maximum Gasteiger partial charge on any atom is 0.0345 e. The predicted octanol–water partition coefficient (Wildman–Crippen LogP) is 5.12. The summed E-state index contributed by atoms with van der Waals surface area (Å²) in [5, 5.41) is 3.70. The Labute approximate surface area is 119 Å². The van der Waals surface area contributed by atoms with Crippen LogP contribution in [0.3, 0.4) is 0 Å². The zero-order chi connectivity index (χ0) is 14.1. The van der Waals surface area contributed by atoms with E-state index in [1.807, 2.05) is 0 Å². The normalized spacial score (nSPS) is 14.3. The van der Waals surface area contributed by atoms with Crippen LogP contribution in [0.2, 0.25) is 0 Å². The van der Waals surface area contributed by atoms with Crippen molar-refractivity contribution >= 4 is 0 Å². The summed E-state index contributed by atoms with van der Waals surface area (Å²) in [7, 11) is 0. The molecule has 1 aromatic carbocycles. The Hall–Kier alpha value is -0.820. The van der Waals surface area contributed by atoms with Gasteiger partial charge in [0.1, 0.15) is 0 Å². The molecule has 0 aliphatic heterocycles. The van der Waals surface area contributed by atoms with Crippen LogP contribution in [0.1, 0.15) is 70.5 Å². The fourth-order valence-corrected chi connectivity index (χ4v) is 2.46. The molecular formula is C18H31N. The van der Waals surface area contributed by atoms with E-state index in [0.717, 1.165) is 6.54 Å². The van der Waals surface area contributed by atoms with E-state index in [0.29, 0.717) is 12.0 Å². The summed E-state index contributed by atoms with van der Waals surface area (Å²) in [6.07, 6.45) is 6.20. The number of rotatable bonds is 9. The Morgan fingerprint density at radius 2 is 1.68 bits per heavy atom. The van der Waals surface area contributed by atoms with Crippen LogP contribution in [0.25, 0.3) is 0 Å². The van der Waals surface area contributed by atoms with Crippen LogP contribution in [0.5, 0.6) is 0 Å². The number of hydrogen-bond donors (Lipinski definition) is 1. The second-order valence-corrected chi connectivity index (χ2v) is 5.66. The van der Waals surface area contributed by atoms with E-state index in [-0.39, 0.29) is 0 Å². The third-order valence-electron chi connectivity index (χ3n) is 3.99. The monoisotopic (exact) mass is 261 g/mol. The number of hydrogen-bond acceptors (Lipinski definition) is 1. The van der Waals surface area contributed by atoms with Crippen molar-refractivity contribution in [1.82, 2.24) is 5.32 Å². The van der Waals surface area contributed by atoms with Crippen LogP contribution in [-0.4, -0.2) is 6.54 Å². The van der Waals surface area contributed by atoms with Crippen molar-refractivity contribution in [2.45, 2.75) is 65.8 Å². The summed E-state index contributed by atoms with van der Waals surface area (Å²) >= 11 is 0. The fraction of sp³-hybridized carbons (Fsp3) is 0.667. The fourth-order valence-electron chi connectivity index (χ4n) is 2.46.